The summed E-state index contributed by atoms with van der Waals surface area (Å²) in [5.41, 5.74) is 5.96. The van der Waals surface area contributed by atoms with Crippen molar-refractivity contribution in [2.45, 2.75) is 58.2 Å². The highest BCUT2D eigenvalue weighted by Gasteiger charge is 2.29. The first-order chi connectivity index (χ1) is 9.52. The van der Waals surface area contributed by atoms with Crippen molar-refractivity contribution in [1.82, 2.24) is 15.0 Å². The Morgan fingerprint density at radius 3 is 2.75 bits per heavy atom. The molecule has 1 aromatic rings. The highest BCUT2D eigenvalue weighted by Crippen LogP contribution is 2.25. The van der Waals surface area contributed by atoms with Gasteiger partial charge in [-0.1, -0.05) is 12.1 Å². The van der Waals surface area contributed by atoms with Gasteiger partial charge in [-0.05, 0) is 27.2 Å². The molecule has 0 spiro atoms. The van der Waals surface area contributed by atoms with E-state index in [1.165, 1.54) is 0 Å². The lowest BCUT2D eigenvalue weighted by atomic mass is 9.99. The van der Waals surface area contributed by atoms with Crippen LogP contribution in [0, 0.1) is 0 Å². The molecular formula is C14H26N4O2. The maximum Gasteiger partial charge on any atom is 0.231 e. The van der Waals surface area contributed by atoms with Gasteiger partial charge in [0.25, 0.3) is 0 Å². The second kappa shape index (κ2) is 6.65. The number of morpholine rings is 1. The minimum absolute atomic E-state index is 0.00716. The number of hydrogen-bond acceptors (Lipinski definition) is 6. The molecule has 1 aliphatic rings. The van der Waals surface area contributed by atoms with Gasteiger partial charge >= 0.3 is 0 Å². The number of rotatable bonds is 5. The molecule has 2 heterocycles. The zero-order valence-electron chi connectivity index (χ0n) is 12.9. The van der Waals surface area contributed by atoms with Crippen LogP contribution >= 0.6 is 0 Å². The largest absolute Gasteiger partial charge is 0.367 e. The van der Waals surface area contributed by atoms with Gasteiger partial charge < -0.3 is 15.0 Å². The molecule has 0 radical (unpaired) electrons. The van der Waals surface area contributed by atoms with Gasteiger partial charge in [-0.3, -0.25) is 4.90 Å². The van der Waals surface area contributed by atoms with Gasteiger partial charge in [0.05, 0.1) is 12.5 Å². The van der Waals surface area contributed by atoms with Crippen molar-refractivity contribution in [2.75, 3.05) is 19.7 Å². The van der Waals surface area contributed by atoms with E-state index in [2.05, 4.69) is 35.8 Å². The molecule has 0 amide bonds. The summed E-state index contributed by atoms with van der Waals surface area (Å²) in [5.74, 6) is 1.38. The van der Waals surface area contributed by atoms with Crippen molar-refractivity contribution < 1.29 is 9.26 Å². The Hall–Kier alpha value is -0.980. The van der Waals surface area contributed by atoms with Gasteiger partial charge in [-0.25, -0.2) is 0 Å². The summed E-state index contributed by atoms with van der Waals surface area (Å²) in [7, 11) is 0. The molecule has 20 heavy (non-hydrogen) atoms. The summed E-state index contributed by atoms with van der Waals surface area (Å²) >= 11 is 0. The molecule has 2 rings (SSSR count). The Kier molecular flexibility index (Phi) is 5.12. The highest BCUT2D eigenvalue weighted by atomic mass is 16.5. The molecule has 3 unspecified atom stereocenters. The smallest absolute Gasteiger partial charge is 0.231 e. The highest BCUT2D eigenvalue weighted by molar-refractivity contribution is 5.00. The average molecular weight is 282 g/mol. The van der Waals surface area contributed by atoms with Crippen LogP contribution in [0.4, 0.5) is 0 Å². The van der Waals surface area contributed by atoms with E-state index in [0.29, 0.717) is 24.4 Å². The molecule has 0 bridgehead atoms. The molecule has 2 N–H and O–H groups in total. The minimum atomic E-state index is -0.103. The standard InChI is InChI=1S/C14H26N4O2/c1-5-11(10(4)15)14-16-13(17-20-14)12-8-18(9(2)3)6-7-19-12/h9-12H,5-8,15H2,1-4H3. The number of nitrogens with two attached hydrogens (primary N) is 1. The molecule has 0 aliphatic carbocycles. The quantitative estimate of drug-likeness (QED) is 0.885. The summed E-state index contributed by atoms with van der Waals surface area (Å²) in [5, 5.41) is 4.09. The van der Waals surface area contributed by atoms with Gasteiger partial charge in [0.15, 0.2) is 0 Å². The lowest BCUT2D eigenvalue weighted by Gasteiger charge is -2.34. The van der Waals surface area contributed by atoms with E-state index < -0.39 is 0 Å². The zero-order chi connectivity index (χ0) is 14.7. The van der Waals surface area contributed by atoms with E-state index in [-0.39, 0.29) is 18.1 Å². The van der Waals surface area contributed by atoms with Crippen molar-refractivity contribution >= 4 is 0 Å². The Bertz CT molecular complexity index is 419. The SMILES string of the molecule is CCC(c1nc(C2CN(C(C)C)CCO2)no1)C(C)N. The number of hydrogen-bond donors (Lipinski definition) is 1. The van der Waals surface area contributed by atoms with E-state index in [4.69, 9.17) is 15.0 Å². The second-order valence-electron chi connectivity index (χ2n) is 5.81. The van der Waals surface area contributed by atoms with Crippen LogP contribution in [0.5, 0.6) is 0 Å². The first-order valence-corrected chi connectivity index (χ1v) is 7.47. The van der Waals surface area contributed by atoms with Crippen molar-refractivity contribution in [3.05, 3.63) is 11.7 Å². The van der Waals surface area contributed by atoms with Crippen LogP contribution in [0.2, 0.25) is 0 Å². The molecule has 6 heteroatoms. The van der Waals surface area contributed by atoms with Gasteiger partial charge in [0, 0.05) is 25.2 Å². The molecular weight excluding hydrogens is 256 g/mol. The molecule has 6 nitrogen and oxygen atoms in total. The van der Waals surface area contributed by atoms with E-state index in [9.17, 15) is 0 Å². The molecule has 3 atom stereocenters. The van der Waals surface area contributed by atoms with Crippen molar-refractivity contribution in [1.29, 1.82) is 0 Å². The van der Waals surface area contributed by atoms with Crippen LogP contribution in [0.25, 0.3) is 0 Å². The zero-order valence-corrected chi connectivity index (χ0v) is 12.9. The molecule has 0 aromatic carbocycles. The molecule has 0 saturated carbocycles. The predicted octanol–water partition coefficient (Wildman–Crippen LogP) is 1.69. The van der Waals surface area contributed by atoms with Crippen LogP contribution in [0.1, 0.15) is 57.9 Å². The third-order valence-electron chi connectivity index (χ3n) is 3.97. The van der Waals surface area contributed by atoms with Gasteiger partial charge in [0.1, 0.15) is 6.10 Å². The van der Waals surface area contributed by atoms with Crippen LogP contribution in [0.3, 0.4) is 0 Å². The normalized spacial score (nSPS) is 24.0. The number of nitrogens with zero attached hydrogens (tertiary/aromatic N) is 3. The summed E-state index contributed by atoms with van der Waals surface area (Å²) < 4.78 is 11.2. The lowest BCUT2D eigenvalue weighted by molar-refractivity contribution is -0.0450. The summed E-state index contributed by atoms with van der Waals surface area (Å²) in [4.78, 5) is 6.88. The Morgan fingerprint density at radius 1 is 1.40 bits per heavy atom. The second-order valence-corrected chi connectivity index (χ2v) is 5.81. The summed E-state index contributed by atoms with van der Waals surface area (Å²) in [6.45, 7) is 10.9. The Labute approximate surface area is 120 Å². The topological polar surface area (TPSA) is 77.4 Å². The molecule has 1 saturated heterocycles. The van der Waals surface area contributed by atoms with E-state index in [0.717, 1.165) is 19.5 Å². The van der Waals surface area contributed by atoms with E-state index >= 15 is 0 Å². The minimum Gasteiger partial charge on any atom is -0.367 e. The third kappa shape index (κ3) is 3.37. The summed E-state index contributed by atoms with van der Waals surface area (Å²) in [6, 6.07) is 0.507. The van der Waals surface area contributed by atoms with E-state index in [1.54, 1.807) is 0 Å². The fourth-order valence-electron chi connectivity index (χ4n) is 2.59. The lowest BCUT2D eigenvalue weighted by Crippen LogP contribution is -2.42. The van der Waals surface area contributed by atoms with E-state index in [1.807, 2.05) is 6.92 Å². The third-order valence-corrected chi connectivity index (χ3v) is 3.97. The first-order valence-electron chi connectivity index (χ1n) is 7.47. The number of ether oxygens (including phenoxy) is 1. The fourth-order valence-corrected chi connectivity index (χ4v) is 2.59. The van der Waals surface area contributed by atoms with Crippen LogP contribution in [0.15, 0.2) is 4.52 Å². The molecule has 1 fully saturated rings. The Balaban J connectivity index is 2.08. The van der Waals surface area contributed by atoms with Crippen molar-refractivity contribution in [3.63, 3.8) is 0 Å². The monoisotopic (exact) mass is 282 g/mol. The maximum atomic E-state index is 5.96. The van der Waals surface area contributed by atoms with Crippen molar-refractivity contribution in [3.8, 4) is 0 Å². The fraction of sp³-hybridized carbons (Fsp3) is 0.857. The van der Waals surface area contributed by atoms with Gasteiger partial charge in [-0.15, -0.1) is 0 Å². The van der Waals surface area contributed by atoms with Gasteiger partial charge in [0.2, 0.25) is 11.7 Å². The van der Waals surface area contributed by atoms with Crippen LogP contribution in [-0.2, 0) is 4.74 Å². The molecule has 1 aliphatic heterocycles. The average Bonchev–Trinajstić information content (AvgIpc) is 2.89. The predicted molar refractivity (Wildman–Crippen MR) is 76.4 cm³/mol. The number of aromatic nitrogens is 2. The first kappa shape index (κ1) is 15.4. The van der Waals surface area contributed by atoms with Crippen LogP contribution < -0.4 is 5.73 Å². The van der Waals surface area contributed by atoms with Gasteiger partial charge in [-0.2, -0.15) is 4.98 Å². The van der Waals surface area contributed by atoms with Crippen molar-refractivity contribution in [2.24, 2.45) is 5.73 Å². The Morgan fingerprint density at radius 2 is 2.15 bits per heavy atom. The summed E-state index contributed by atoms with van der Waals surface area (Å²) in [6.07, 6.45) is 0.789. The maximum absolute atomic E-state index is 5.96. The van der Waals surface area contributed by atoms with Crippen LogP contribution in [-0.4, -0.2) is 46.8 Å². The molecule has 114 valence electrons. The molecule has 1 aromatic heterocycles.